The van der Waals surface area contributed by atoms with Crippen LogP contribution in [0.15, 0.2) is 0 Å². The Bertz CT molecular complexity index is 198. The van der Waals surface area contributed by atoms with Crippen LogP contribution in [-0.2, 0) is 14.3 Å². The number of ether oxygens (including phenoxy) is 2. The van der Waals surface area contributed by atoms with Crippen molar-refractivity contribution < 1.29 is 19.4 Å². The van der Waals surface area contributed by atoms with Gasteiger partial charge in [-0.3, -0.25) is 4.79 Å². The Balaban J connectivity index is 3.88. The molecule has 0 aliphatic heterocycles. The minimum Gasteiger partial charge on any atom is -0.480 e. The van der Waals surface area contributed by atoms with Gasteiger partial charge < -0.3 is 19.9 Å². The lowest BCUT2D eigenvalue weighted by atomic mass is 9.98. The highest BCUT2D eigenvalue weighted by molar-refractivity contribution is 5.78. The third kappa shape index (κ3) is 6.05. The molecule has 0 bridgehead atoms. The van der Waals surface area contributed by atoms with E-state index in [2.05, 4.69) is 5.32 Å². The first-order valence-electron chi connectivity index (χ1n) is 5.62. The van der Waals surface area contributed by atoms with E-state index in [0.29, 0.717) is 32.8 Å². The van der Waals surface area contributed by atoms with Crippen molar-refractivity contribution in [2.75, 3.05) is 33.5 Å². The third-order valence-corrected chi connectivity index (χ3v) is 2.46. The zero-order chi connectivity index (χ0) is 12.4. The predicted molar refractivity (Wildman–Crippen MR) is 61.6 cm³/mol. The maximum atomic E-state index is 11.1. The smallest absolute Gasteiger partial charge is 0.323 e. The van der Waals surface area contributed by atoms with Crippen LogP contribution in [0.25, 0.3) is 0 Å². The molecule has 0 aromatic carbocycles. The molecule has 0 radical (unpaired) electrons. The summed E-state index contributed by atoms with van der Waals surface area (Å²) in [5.74, 6) is -0.846. The fourth-order valence-corrected chi connectivity index (χ4v) is 1.26. The molecule has 5 nitrogen and oxygen atoms in total. The topological polar surface area (TPSA) is 67.8 Å². The van der Waals surface area contributed by atoms with Crippen molar-refractivity contribution in [1.29, 1.82) is 0 Å². The van der Waals surface area contributed by atoms with Crippen LogP contribution in [0.2, 0.25) is 0 Å². The van der Waals surface area contributed by atoms with E-state index in [4.69, 9.17) is 14.6 Å². The maximum absolute atomic E-state index is 11.1. The van der Waals surface area contributed by atoms with Crippen molar-refractivity contribution in [3.63, 3.8) is 0 Å². The quantitative estimate of drug-likeness (QED) is 0.548. The summed E-state index contributed by atoms with van der Waals surface area (Å²) in [5, 5.41) is 12.1. The molecule has 1 unspecified atom stereocenters. The van der Waals surface area contributed by atoms with E-state index in [1.54, 1.807) is 14.0 Å². The van der Waals surface area contributed by atoms with Crippen molar-refractivity contribution >= 4 is 5.97 Å². The standard InChI is InChI=1S/C11H23NO4/c1-4-16-8-5-7-12-11(2,10(13)14)6-9-15-3/h12H,4-9H2,1-3H3,(H,13,14). The maximum Gasteiger partial charge on any atom is 0.323 e. The van der Waals surface area contributed by atoms with Crippen LogP contribution in [0.1, 0.15) is 26.7 Å². The second-order valence-corrected chi connectivity index (χ2v) is 3.86. The van der Waals surface area contributed by atoms with Gasteiger partial charge in [0, 0.05) is 26.9 Å². The molecule has 0 aliphatic carbocycles. The molecule has 0 rings (SSSR count). The molecule has 0 amide bonds. The SMILES string of the molecule is CCOCCCNC(C)(CCOC)C(=O)O. The number of hydrogen-bond donors (Lipinski definition) is 2. The summed E-state index contributed by atoms with van der Waals surface area (Å²) >= 11 is 0. The molecule has 0 aliphatic rings. The average Bonchev–Trinajstić information content (AvgIpc) is 2.26. The van der Waals surface area contributed by atoms with Crippen molar-refractivity contribution in [2.24, 2.45) is 0 Å². The Hall–Kier alpha value is -0.650. The fourth-order valence-electron chi connectivity index (χ4n) is 1.26. The highest BCUT2D eigenvalue weighted by Crippen LogP contribution is 2.10. The van der Waals surface area contributed by atoms with Gasteiger partial charge in [-0.05, 0) is 33.2 Å². The number of aliphatic carboxylic acids is 1. The normalized spacial score (nSPS) is 14.7. The largest absolute Gasteiger partial charge is 0.480 e. The first-order chi connectivity index (χ1) is 7.56. The van der Waals surface area contributed by atoms with Crippen LogP contribution >= 0.6 is 0 Å². The average molecular weight is 233 g/mol. The number of carbonyl (C=O) groups is 1. The summed E-state index contributed by atoms with van der Waals surface area (Å²) in [4.78, 5) is 11.1. The minimum atomic E-state index is -0.914. The molecule has 0 saturated heterocycles. The Morgan fingerprint density at radius 3 is 2.62 bits per heavy atom. The number of carboxylic acids is 1. The van der Waals surface area contributed by atoms with Gasteiger partial charge in [0.2, 0.25) is 0 Å². The Kier molecular flexibility index (Phi) is 8.15. The van der Waals surface area contributed by atoms with Crippen molar-refractivity contribution in [2.45, 2.75) is 32.2 Å². The van der Waals surface area contributed by atoms with E-state index in [1.807, 2.05) is 6.92 Å². The number of methoxy groups -OCH3 is 1. The molecule has 2 N–H and O–H groups in total. The lowest BCUT2D eigenvalue weighted by molar-refractivity contribution is -0.145. The van der Waals surface area contributed by atoms with E-state index in [0.717, 1.165) is 6.42 Å². The summed E-state index contributed by atoms with van der Waals surface area (Å²) in [6, 6.07) is 0. The molecule has 5 heteroatoms. The van der Waals surface area contributed by atoms with Gasteiger partial charge in [0.15, 0.2) is 0 Å². The molecule has 0 fully saturated rings. The highest BCUT2D eigenvalue weighted by Gasteiger charge is 2.31. The molecular weight excluding hydrogens is 210 g/mol. The van der Waals surface area contributed by atoms with Crippen molar-refractivity contribution in [3.05, 3.63) is 0 Å². The molecule has 1 atom stereocenters. The van der Waals surface area contributed by atoms with Gasteiger partial charge in [-0.1, -0.05) is 0 Å². The van der Waals surface area contributed by atoms with E-state index < -0.39 is 11.5 Å². The van der Waals surface area contributed by atoms with Gasteiger partial charge in [-0.2, -0.15) is 0 Å². The molecule has 0 aromatic heterocycles. The Labute approximate surface area is 97.1 Å². The predicted octanol–water partition coefficient (Wildman–Crippen LogP) is 0.882. The molecular formula is C11H23NO4. The van der Waals surface area contributed by atoms with Gasteiger partial charge in [-0.25, -0.2) is 0 Å². The third-order valence-electron chi connectivity index (χ3n) is 2.46. The lowest BCUT2D eigenvalue weighted by Crippen LogP contribution is -2.50. The zero-order valence-corrected chi connectivity index (χ0v) is 10.4. The summed E-state index contributed by atoms with van der Waals surface area (Å²) in [7, 11) is 1.57. The van der Waals surface area contributed by atoms with Gasteiger partial charge in [0.25, 0.3) is 0 Å². The van der Waals surface area contributed by atoms with E-state index in [1.165, 1.54) is 0 Å². The Morgan fingerprint density at radius 1 is 1.44 bits per heavy atom. The molecule has 0 heterocycles. The monoisotopic (exact) mass is 233 g/mol. The Morgan fingerprint density at radius 2 is 2.12 bits per heavy atom. The molecule has 0 saturated carbocycles. The van der Waals surface area contributed by atoms with E-state index in [-0.39, 0.29) is 0 Å². The first kappa shape index (κ1) is 15.3. The van der Waals surface area contributed by atoms with Gasteiger partial charge >= 0.3 is 5.97 Å². The molecule has 0 spiro atoms. The van der Waals surface area contributed by atoms with Crippen LogP contribution in [-0.4, -0.2) is 50.1 Å². The summed E-state index contributed by atoms with van der Waals surface area (Å²) in [6.45, 7) is 6.03. The summed E-state index contributed by atoms with van der Waals surface area (Å²) < 4.78 is 10.1. The minimum absolute atomic E-state index is 0.432. The summed E-state index contributed by atoms with van der Waals surface area (Å²) in [5.41, 5.74) is -0.914. The van der Waals surface area contributed by atoms with Crippen LogP contribution in [0.3, 0.4) is 0 Å². The first-order valence-corrected chi connectivity index (χ1v) is 5.62. The van der Waals surface area contributed by atoms with Gasteiger partial charge in [0.1, 0.15) is 5.54 Å². The number of hydrogen-bond acceptors (Lipinski definition) is 4. The number of carboxylic acid groups (broad SMARTS) is 1. The van der Waals surface area contributed by atoms with Gasteiger partial charge in [-0.15, -0.1) is 0 Å². The number of nitrogens with one attached hydrogen (secondary N) is 1. The summed E-state index contributed by atoms with van der Waals surface area (Å²) in [6.07, 6.45) is 1.26. The van der Waals surface area contributed by atoms with E-state index in [9.17, 15) is 4.79 Å². The molecule has 0 aromatic rings. The van der Waals surface area contributed by atoms with Crippen molar-refractivity contribution in [3.8, 4) is 0 Å². The van der Waals surface area contributed by atoms with Crippen LogP contribution in [0.4, 0.5) is 0 Å². The molecule has 16 heavy (non-hydrogen) atoms. The molecule has 96 valence electrons. The van der Waals surface area contributed by atoms with Crippen LogP contribution in [0.5, 0.6) is 0 Å². The van der Waals surface area contributed by atoms with Crippen molar-refractivity contribution in [1.82, 2.24) is 5.32 Å². The highest BCUT2D eigenvalue weighted by atomic mass is 16.5. The van der Waals surface area contributed by atoms with Crippen LogP contribution in [0, 0.1) is 0 Å². The second kappa shape index (κ2) is 8.50. The zero-order valence-electron chi connectivity index (χ0n) is 10.4. The van der Waals surface area contributed by atoms with Crippen LogP contribution < -0.4 is 5.32 Å². The van der Waals surface area contributed by atoms with E-state index >= 15 is 0 Å². The fraction of sp³-hybridized carbons (Fsp3) is 0.909. The van der Waals surface area contributed by atoms with Gasteiger partial charge in [0.05, 0.1) is 0 Å². The number of rotatable bonds is 10. The lowest BCUT2D eigenvalue weighted by Gasteiger charge is -2.26. The second-order valence-electron chi connectivity index (χ2n) is 3.86.